The first kappa shape index (κ1) is 18.4. The lowest BCUT2D eigenvalue weighted by molar-refractivity contribution is -0.136. The van der Waals surface area contributed by atoms with Crippen LogP contribution in [0, 0.1) is 18.3 Å². The molecule has 1 saturated carbocycles. The van der Waals surface area contributed by atoms with Gasteiger partial charge in [-0.2, -0.15) is 0 Å². The molecule has 2 aliphatic rings. The van der Waals surface area contributed by atoms with Crippen LogP contribution in [0.15, 0.2) is 24.3 Å². The second-order valence-electron chi connectivity index (χ2n) is 8.62. The third-order valence-electron chi connectivity index (χ3n) is 5.35. The number of carbonyl (C=O) groups excluding carboxylic acids is 3. The zero-order valence-corrected chi connectivity index (χ0v) is 15.9. The minimum absolute atomic E-state index is 0.0278. The Balaban J connectivity index is 1.73. The highest BCUT2D eigenvalue weighted by Gasteiger charge is 2.56. The highest BCUT2D eigenvalue weighted by molar-refractivity contribution is 6.10. The molecule has 2 N–H and O–H groups in total. The molecular weight excluding hydrogens is 330 g/mol. The van der Waals surface area contributed by atoms with Crippen LogP contribution >= 0.6 is 0 Å². The Bertz CT molecular complexity index is 758. The summed E-state index contributed by atoms with van der Waals surface area (Å²) in [6.07, 6.45) is 2.24. The summed E-state index contributed by atoms with van der Waals surface area (Å²) in [4.78, 5) is 38.9. The molecule has 4 amide bonds. The number of hydrogen-bond donors (Lipinski definition) is 2. The second kappa shape index (κ2) is 6.41. The lowest BCUT2D eigenvalue weighted by atomic mass is 9.64. The van der Waals surface area contributed by atoms with Gasteiger partial charge in [0.1, 0.15) is 12.1 Å². The normalized spacial score (nSPS) is 27.5. The minimum atomic E-state index is -0.874. The van der Waals surface area contributed by atoms with Gasteiger partial charge in [-0.05, 0) is 49.1 Å². The maximum absolute atomic E-state index is 13.0. The van der Waals surface area contributed by atoms with E-state index in [4.69, 9.17) is 0 Å². The van der Waals surface area contributed by atoms with Crippen molar-refractivity contribution >= 4 is 23.5 Å². The average Bonchev–Trinajstić information content (AvgIpc) is 2.71. The highest BCUT2D eigenvalue weighted by atomic mass is 16.2. The monoisotopic (exact) mass is 357 g/mol. The van der Waals surface area contributed by atoms with Crippen LogP contribution in [0.1, 0.15) is 45.6 Å². The Hall–Kier alpha value is -2.37. The number of hydrogen-bond acceptors (Lipinski definition) is 3. The van der Waals surface area contributed by atoms with Crippen molar-refractivity contribution in [2.75, 3.05) is 11.9 Å². The second-order valence-corrected chi connectivity index (χ2v) is 8.62. The van der Waals surface area contributed by atoms with E-state index in [1.807, 2.05) is 25.1 Å². The van der Waals surface area contributed by atoms with Crippen LogP contribution in [0.3, 0.4) is 0 Å². The van der Waals surface area contributed by atoms with Gasteiger partial charge in [-0.1, -0.05) is 39.0 Å². The van der Waals surface area contributed by atoms with Gasteiger partial charge in [-0.15, -0.1) is 0 Å². The predicted octanol–water partition coefficient (Wildman–Crippen LogP) is 3.07. The summed E-state index contributed by atoms with van der Waals surface area (Å²) in [6.45, 7) is 7.98. The number of carbonyl (C=O) groups is 3. The molecule has 0 aromatic heterocycles. The summed E-state index contributed by atoms with van der Waals surface area (Å²) in [5.74, 6) is -0.311. The van der Waals surface area contributed by atoms with Crippen molar-refractivity contribution in [3.05, 3.63) is 29.8 Å². The fourth-order valence-electron chi connectivity index (χ4n) is 4.70. The molecule has 6 nitrogen and oxygen atoms in total. The third-order valence-corrected chi connectivity index (χ3v) is 5.35. The number of benzene rings is 1. The summed E-state index contributed by atoms with van der Waals surface area (Å²) in [6, 6.07) is 6.94. The average molecular weight is 357 g/mol. The maximum Gasteiger partial charge on any atom is 0.325 e. The number of amides is 4. The molecule has 1 aromatic carbocycles. The summed E-state index contributed by atoms with van der Waals surface area (Å²) < 4.78 is 0. The van der Waals surface area contributed by atoms with Gasteiger partial charge >= 0.3 is 6.03 Å². The molecule has 1 heterocycles. The van der Waals surface area contributed by atoms with E-state index in [2.05, 4.69) is 31.4 Å². The number of anilines is 1. The van der Waals surface area contributed by atoms with Crippen molar-refractivity contribution in [1.29, 1.82) is 0 Å². The number of aryl methyl sites for hydroxylation is 1. The summed E-state index contributed by atoms with van der Waals surface area (Å²) >= 11 is 0. The van der Waals surface area contributed by atoms with Gasteiger partial charge in [-0.3, -0.25) is 14.5 Å². The Morgan fingerprint density at radius 3 is 2.62 bits per heavy atom. The van der Waals surface area contributed by atoms with Crippen LogP contribution in [0.25, 0.3) is 0 Å². The zero-order valence-electron chi connectivity index (χ0n) is 15.9. The zero-order chi connectivity index (χ0) is 19.1. The first-order valence-electron chi connectivity index (χ1n) is 9.11. The van der Waals surface area contributed by atoms with E-state index in [1.54, 1.807) is 6.07 Å². The van der Waals surface area contributed by atoms with Crippen LogP contribution in [-0.2, 0) is 9.59 Å². The number of para-hydroxylation sites is 1. The Labute approximate surface area is 154 Å². The van der Waals surface area contributed by atoms with Gasteiger partial charge in [0.25, 0.3) is 5.91 Å². The number of nitrogens with zero attached hydrogens (tertiary/aromatic N) is 1. The van der Waals surface area contributed by atoms with Crippen LogP contribution < -0.4 is 10.6 Å². The molecule has 3 rings (SSSR count). The molecule has 26 heavy (non-hydrogen) atoms. The van der Waals surface area contributed by atoms with E-state index in [0.717, 1.165) is 16.9 Å². The van der Waals surface area contributed by atoms with Crippen molar-refractivity contribution in [1.82, 2.24) is 10.2 Å². The molecule has 2 atom stereocenters. The SMILES string of the molecule is Cc1ccccc1NC(=O)CN1C(=O)NC2(CC(C)CC(C)(C)C2)C1=O. The number of nitrogens with one attached hydrogen (secondary N) is 2. The molecule has 0 bridgehead atoms. The number of imide groups is 1. The predicted molar refractivity (Wildman–Crippen MR) is 99.6 cm³/mol. The standard InChI is InChI=1S/C20H27N3O3/c1-13-9-19(3,4)12-20(10-13)17(25)23(18(26)22-20)11-16(24)21-15-8-6-5-7-14(15)2/h5-8,13H,9-12H2,1-4H3,(H,21,24)(H,22,26). The van der Waals surface area contributed by atoms with Gasteiger partial charge in [0.05, 0.1) is 0 Å². The van der Waals surface area contributed by atoms with E-state index in [0.29, 0.717) is 24.4 Å². The van der Waals surface area contributed by atoms with Crippen LogP contribution in [0.2, 0.25) is 0 Å². The van der Waals surface area contributed by atoms with Crippen molar-refractivity contribution in [2.45, 2.75) is 52.5 Å². The maximum atomic E-state index is 13.0. The molecule has 2 fully saturated rings. The largest absolute Gasteiger partial charge is 0.325 e. The lowest BCUT2D eigenvalue weighted by Gasteiger charge is -2.43. The number of rotatable bonds is 3. The fraction of sp³-hybridized carbons (Fsp3) is 0.550. The Morgan fingerprint density at radius 1 is 1.27 bits per heavy atom. The molecule has 1 aromatic rings. The fourth-order valence-corrected chi connectivity index (χ4v) is 4.70. The quantitative estimate of drug-likeness (QED) is 0.816. The van der Waals surface area contributed by atoms with Gasteiger partial charge in [-0.25, -0.2) is 4.79 Å². The molecule has 6 heteroatoms. The van der Waals surface area contributed by atoms with E-state index in [-0.39, 0.29) is 23.8 Å². The van der Waals surface area contributed by atoms with Crippen molar-refractivity contribution in [2.24, 2.45) is 11.3 Å². The van der Waals surface area contributed by atoms with E-state index in [1.165, 1.54) is 0 Å². The Morgan fingerprint density at radius 2 is 1.96 bits per heavy atom. The summed E-state index contributed by atoms with van der Waals surface area (Å²) in [5, 5.41) is 5.67. The third kappa shape index (κ3) is 3.45. The molecule has 140 valence electrons. The minimum Gasteiger partial charge on any atom is -0.324 e. The molecule has 2 unspecified atom stereocenters. The highest BCUT2D eigenvalue weighted by Crippen LogP contribution is 2.46. The van der Waals surface area contributed by atoms with Crippen molar-refractivity contribution < 1.29 is 14.4 Å². The first-order valence-corrected chi connectivity index (χ1v) is 9.11. The lowest BCUT2D eigenvalue weighted by Crippen LogP contribution is -2.54. The van der Waals surface area contributed by atoms with Crippen molar-refractivity contribution in [3.8, 4) is 0 Å². The van der Waals surface area contributed by atoms with Gasteiger partial charge < -0.3 is 10.6 Å². The summed E-state index contributed by atoms with van der Waals surface area (Å²) in [7, 11) is 0. The molecular formula is C20H27N3O3. The first-order chi connectivity index (χ1) is 12.1. The molecule has 1 aliphatic carbocycles. The van der Waals surface area contributed by atoms with Crippen LogP contribution in [-0.4, -0.2) is 34.8 Å². The van der Waals surface area contributed by atoms with Crippen LogP contribution in [0.5, 0.6) is 0 Å². The van der Waals surface area contributed by atoms with E-state index in [9.17, 15) is 14.4 Å². The van der Waals surface area contributed by atoms with Gasteiger partial charge in [0.2, 0.25) is 5.91 Å². The smallest absolute Gasteiger partial charge is 0.324 e. The molecule has 1 saturated heterocycles. The van der Waals surface area contributed by atoms with Gasteiger partial charge in [0, 0.05) is 5.69 Å². The molecule has 1 aliphatic heterocycles. The van der Waals surface area contributed by atoms with Gasteiger partial charge in [0.15, 0.2) is 0 Å². The summed E-state index contributed by atoms with van der Waals surface area (Å²) in [5.41, 5.74) is 0.713. The molecule has 1 spiro atoms. The Kier molecular flexibility index (Phi) is 4.54. The van der Waals surface area contributed by atoms with Crippen molar-refractivity contribution in [3.63, 3.8) is 0 Å². The van der Waals surface area contributed by atoms with E-state index >= 15 is 0 Å². The van der Waals surface area contributed by atoms with Crippen LogP contribution in [0.4, 0.5) is 10.5 Å². The number of urea groups is 1. The topological polar surface area (TPSA) is 78.5 Å². The molecule has 0 radical (unpaired) electrons. The van der Waals surface area contributed by atoms with E-state index < -0.39 is 11.6 Å².